The van der Waals surface area contributed by atoms with Gasteiger partial charge in [-0.25, -0.2) is 4.98 Å². The first-order valence-corrected chi connectivity index (χ1v) is 9.95. The smallest absolute Gasteiger partial charge is 0.416 e. The molecule has 0 bridgehead atoms. The maximum Gasteiger partial charge on any atom is 0.416 e. The van der Waals surface area contributed by atoms with Crippen LogP contribution in [0.25, 0.3) is 0 Å². The second kappa shape index (κ2) is 9.78. The minimum absolute atomic E-state index is 0.129. The Morgan fingerprint density at radius 3 is 2.55 bits per heavy atom. The summed E-state index contributed by atoms with van der Waals surface area (Å²) in [6, 6.07) is 14.8. The normalized spacial score (nSPS) is 12.7. The number of amides is 1. The summed E-state index contributed by atoms with van der Waals surface area (Å²) in [6.45, 7) is 4.71. The Morgan fingerprint density at radius 2 is 1.87 bits per heavy atom. The highest BCUT2D eigenvalue weighted by atomic mass is 19.4. The fraction of sp³-hybridized carbons (Fsp3) is 0.304. The molecule has 31 heavy (non-hydrogen) atoms. The molecule has 0 aliphatic heterocycles. The van der Waals surface area contributed by atoms with Crippen molar-refractivity contribution in [1.29, 1.82) is 0 Å². The van der Waals surface area contributed by atoms with E-state index in [-0.39, 0.29) is 30.7 Å². The number of carbonyl (C=O) groups excluding carboxylic acids is 1. The summed E-state index contributed by atoms with van der Waals surface area (Å²) in [7, 11) is 0. The standard InChI is InChI=1S/C23H24F3N3O2/c1-3-27-22(30)20-15-31-21(28-20)14-29(16(2)18-9-5-4-6-10-18)13-17-8-7-11-19(12-17)23(24,25)26/h4-12,15-16H,3,13-14H2,1-2H3,(H,27,30). The summed E-state index contributed by atoms with van der Waals surface area (Å²) in [5, 5.41) is 2.66. The second-order valence-electron chi connectivity index (χ2n) is 7.18. The molecule has 1 unspecified atom stereocenters. The van der Waals surface area contributed by atoms with Gasteiger partial charge >= 0.3 is 6.18 Å². The number of hydrogen-bond donors (Lipinski definition) is 1. The largest absolute Gasteiger partial charge is 0.447 e. The number of carbonyl (C=O) groups is 1. The van der Waals surface area contributed by atoms with E-state index in [4.69, 9.17) is 4.42 Å². The molecule has 0 saturated carbocycles. The average Bonchev–Trinajstić information content (AvgIpc) is 3.22. The molecule has 0 fully saturated rings. The van der Waals surface area contributed by atoms with E-state index in [0.717, 1.165) is 17.7 Å². The molecule has 3 rings (SSSR count). The fourth-order valence-electron chi connectivity index (χ4n) is 3.27. The highest BCUT2D eigenvalue weighted by Crippen LogP contribution is 2.31. The topological polar surface area (TPSA) is 58.4 Å². The Balaban J connectivity index is 1.86. The van der Waals surface area contributed by atoms with Crippen LogP contribution in [0.4, 0.5) is 13.2 Å². The van der Waals surface area contributed by atoms with Crippen LogP contribution in [0.2, 0.25) is 0 Å². The predicted octanol–water partition coefficient (Wildman–Crippen LogP) is 5.21. The van der Waals surface area contributed by atoms with Crippen molar-refractivity contribution >= 4 is 5.91 Å². The third-order valence-corrected chi connectivity index (χ3v) is 4.93. The molecule has 0 aliphatic carbocycles. The van der Waals surface area contributed by atoms with E-state index >= 15 is 0 Å². The molecule has 2 aromatic carbocycles. The Kier molecular flexibility index (Phi) is 7.12. The van der Waals surface area contributed by atoms with Crippen LogP contribution in [0.15, 0.2) is 65.3 Å². The van der Waals surface area contributed by atoms with Crippen molar-refractivity contribution in [1.82, 2.24) is 15.2 Å². The van der Waals surface area contributed by atoms with Crippen molar-refractivity contribution in [2.75, 3.05) is 6.54 Å². The second-order valence-corrected chi connectivity index (χ2v) is 7.18. The lowest BCUT2D eigenvalue weighted by atomic mass is 10.0. The molecule has 0 spiro atoms. The van der Waals surface area contributed by atoms with E-state index in [0.29, 0.717) is 18.0 Å². The van der Waals surface area contributed by atoms with Crippen LogP contribution in [0.3, 0.4) is 0 Å². The quantitative estimate of drug-likeness (QED) is 0.532. The van der Waals surface area contributed by atoms with Crippen molar-refractivity contribution in [3.63, 3.8) is 0 Å². The zero-order valence-corrected chi connectivity index (χ0v) is 17.3. The Labute approximate surface area is 178 Å². The monoisotopic (exact) mass is 431 g/mol. The minimum Gasteiger partial charge on any atom is -0.447 e. The maximum absolute atomic E-state index is 13.1. The number of hydrogen-bond acceptors (Lipinski definition) is 4. The van der Waals surface area contributed by atoms with Gasteiger partial charge in [0.2, 0.25) is 5.89 Å². The van der Waals surface area contributed by atoms with Gasteiger partial charge in [-0.3, -0.25) is 9.69 Å². The van der Waals surface area contributed by atoms with Crippen molar-refractivity contribution < 1.29 is 22.4 Å². The lowest BCUT2D eigenvalue weighted by Crippen LogP contribution is -2.27. The van der Waals surface area contributed by atoms with Gasteiger partial charge < -0.3 is 9.73 Å². The summed E-state index contributed by atoms with van der Waals surface area (Å²) < 4.78 is 44.9. The molecule has 0 aliphatic rings. The molecule has 1 aromatic heterocycles. The molecule has 0 radical (unpaired) electrons. The predicted molar refractivity (Wildman–Crippen MR) is 110 cm³/mol. The van der Waals surface area contributed by atoms with Gasteiger partial charge in [-0.15, -0.1) is 0 Å². The van der Waals surface area contributed by atoms with E-state index in [2.05, 4.69) is 10.3 Å². The van der Waals surface area contributed by atoms with Crippen LogP contribution in [0.5, 0.6) is 0 Å². The third kappa shape index (κ3) is 5.95. The van der Waals surface area contributed by atoms with Crippen molar-refractivity contribution in [3.8, 4) is 0 Å². The molecular weight excluding hydrogens is 407 g/mol. The number of nitrogens with zero attached hydrogens (tertiary/aromatic N) is 2. The summed E-state index contributed by atoms with van der Waals surface area (Å²) in [4.78, 5) is 18.2. The van der Waals surface area contributed by atoms with Crippen LogP contribution < -0.4 is 5.32 Å². The Hall–Kier alpha value is -3.13. The molecular formula is C23H24F3N3O2. The van der Waals surface area contributed by atoms with Crippen LogP contribution in [0, 0.1) is 0 Å². The van der Waals surface area contributed by atoms with Crippen LogP contribution in [-0.2, 0) is 19.3 Å². The van der Waals surface area contributed by atoms with E-state index in [1.165, 1.54) is 12.3 Å². The van der Waals surface area contributed by atoms with E-state index in [9.17, 15) is 18.0 Å². The molecule has 8 heteroatoms. The van der Waals surface area contributed by atoms with Gasteiger partial charge in [-0.05, 0) is 31.0 Å². The molecule has 1 N–H and O–H groups in total. The molecule has 1 atom stereocenters. The van der Waals surface area contributed by atoms with Gasteiger partial charge in [0.25, 0.3) is 5.91 Å². The van der Waals surface area contributed by atoms with Gasteiger partial charge in [0.1, 0.15) is 6.26 Å². The molecule has 5 nitrogen and oxygen atoms in total. The number of benzene rings is 2. The minimum atomic E-state index is -4.41. The number of nitrogens with one attached hydrogen (secondary N) is 1. The lowest BCUT2D eigenvalue weighted by molar-refractivity contribution is -0.137. The molecule has 3 aromatic rings. The maximum atomic E-state index is 13.1. The zero-order valence-electron chi connectivity index (χ0n) is 17.3. The highest BCUT2D eigenvalue weighted by molar-refractivity contribution is 5.91. The van der Waals surface area contributed by atoms with Gasteiger partial charge in [0.15, 0.2) is 5.69 Å². The Morgan fingerprint density at radius 1 is 1.13 bits per heavy atom. The van der Waals surface area contributed by atoms with Crippen LogP contribution in [0.1, 0.15) is 53.0 Å². The average molecular weight is 431 g/mol. The van der Waals surface area contributed by atoms with Gasteiger partial charge in [-0.1, -0.05) is 48.5 Å². The van der Waals surface area contributed by atoms with Crippen molar-refractivity contribution in [2.24, 2.45) is 0 Å². The fourth-order valence-corrected chi connectivity index (χ4v) is 3.27. The summed E-state index contributed by atoms with van der Waals surface area (Å²) in [5.41, 5.74) is 1.01. The van der Waals surface area contributed by atoms with Crippen molar-refractivity contribution in [3.05, 3.63) is 89.1 Å². The first-order chi connectivity index (χ1) is 14.8. The lowest BCUT2D eigenvalue weighted by Gasteiger charge is -2.28. The number of rotatable bonds is 8. The number of aromatic nitrogens is 1. The van der Waals surface area contributed by atoms with E-state index < -0.39 is 11.7 Å². The third-order valence-electron chi connectivity index (χ3n) is 4.93. The summed E-state index contributed by atoms with van der Waals surface area (Å²) in [5.74, 6) is -0.0194. The molecule has 1 amide bonds. The molecule has 164 valence electrons. The highest BCUT2D eigenvalue weighted by Gasteiger charge is 2.30. The number of halogens is 3. The van der Waals surface area contributed by atoms with Crippen LogP contribution in [-0.4, -0.2) is 22.3 Å². The first kappa shape index (κ1) is 22.6. The van der Waals surface area contributed by atoms with Gasteiger partial charge in [0, 0.05) is 19.1 Å². The molecule has 0 saturated heterocycles. The number of oxazole rings is 1. The van der Waals surface area contributed by atoms with Gasteiger partial charge in [-0.2, -0.15) is 13.2 Å². The summed E-state index contributed by atoms with van der Waals surface area (Å²) in [6.07, 6.45) is -3.12. The van der Waals surface area contributed by atoms with Crippen molar-refractivity contribution in [2.45, 2.75) is 39.2 Å². The summed E-state index contributed by atoms with van der Waals surface area (Å²) >= 11 is 0. The van der Waals surface area contributed by atoms with Gasteiger partial charge in [0.05, 0.1) is 12.1 Å². The van der Waals surface area contributed by atoms with E-state index in [1.54, 1.807) is 13.0 Å². The SMILES string of the molecule is CCNC(=O)c1coc(CN(Cc2cccc(C(F)(F)F)c2)C(C)c2ccccc2)n1. The van der Waals surface area contributed by atoms with E-state index in [1.807, 2.05) is 42.2 Å². The number of alkyl halides is 3. The Bertz CT molecular complexity index is 1000. The molecule has 1 heterocycles. The zero-order chi connectivity index (χ0) is 22.4. The first-order valence-electron chi connectivity index (χ1n) is 9.95. The van der Waals surface area contributed by atoms with Crippen LogP contribution >= 0.6 is 0 Å².